The van der Waals surface area contributed by atoms with Crippen LogP contribution in [0.5, 0.6) is 0 Å². The van der Waals surface area contributed by atoms with Crippen molar-refractivity contribution in [2.75, 3.05) is 0 Å². The number of rotatable bonds is 1. The lowest BCUT2D eigenvalue weighted by Crippen LogP contribution is -2.00. The molecule has 1 aromatic rings. The summed E-state index contributed by atoms with van der Waals surface area (Å²) < 4.78 is 0. The molecule has 0 aliphatic heterocycles. The lowest BCUT2D eigenvalue weighted by atomic mass is 9.89. The molecule has 15 heavy (non-hydrogen) atoms. The second-order valence-corrected chi connectivity index (χ2v) is 4.02. The molecule has 1 aliphatic rings. The predicted octanol–water partition coefficient (Wildman–Crippen LogP) is 4.80. The molecule has 0 saturated heterocycles. The van der Waals surface area contributed by atoms with Crippen molar-refractivity contribution in [1.82, 2.24) is 0 Å². The Bertz CT molecular complexity index is 332. The monoisotopic (exact) mass is 202 g/mol. The van der Waals surface area contributed by atoms with Gasteiger partial charge in [0.05, 0.1) is 0 Å². The zero-order chi connectivity index (χ0) is 11.3. The number of benzene rings is 1. The molecule has 0 atom stereocenters. The predicted molar refractivity (Wildman–Crippen MR) is 69.2 cm³/mol. The molecule has 0 bridgehead atoms. The lowest BCUT2D eigenvalue weighted by Gasteiger charge is -2.16. The first-order chi connectivity index (χ1) is 7.29. The Kier molecular flexibility index (Phi) is 4.61. The molecule has 0 amide bonds. The maximum Gasteiger partial charge on any atom is -0.0193 e. The first-order valence-electron chi connectivity index (χ1n) is 6.07. The molecular formula is C15H22. The summed E-state index contributed by atoms with van der Waals surface area (Å²) in [6.07, 6.45) is 6.99. The fourth-order valence-electron chi connectivity index (χ4n) is 2.00. The minimum absolute atomic E-state index is 0.637. The summed E-state index contributed by atoms with van der Waals surface area (Å²) in [7, 11) is 0. The van der Waals surface area contributed by atoms with E-state index < -0.39 is 0 Å². The van der Waals surface area contributed by atoms with Gasteiger partial charge in [0.2, 0.25) is 0 Å². The third kappa shape index (κ3) is 2.71. The first kappa shape index (κ1) is 12.0. The van der Waals surface area contributed by atoms with Crippen LogP contribution < -0.4 is 0 Å². The second kappa shape index (κ2) is 5.75. The van der Waals surface area contributed by atoms with E-state index >= 15 is 0 Å². The molecule has 0 saturated carbocycles. The largest absolute Gasteiger partial charge is 0.0836 e. The van der Waals surface area contributed by atoms with Crippen LogP contribution in [0.1, 0.15) is 56.7 Å². The van der Waals surface area contributed by atoms with Crippen LogP contribution in [0.2, 0.25) is 0 Å². The van der Waals surface area contributed by atoms with Gasteiger partial charge >= 0.3 is 0 Å². The van der Waals surface area contributed by atoms with Crippen molar-refractivity contribution in [3.05, 3.63) is 41.0 Å². The SMILES string of the molecule is CC.CC(C)c1cccc2c1C=CCC2. The van der Waals surface area contributed by atoms with E-state index in [2.05, 4.69) is 44.2 Å². The van der Waals surface area contributed by atoms with Gasteiger partial charge in [0.25, 0.3) is 0 Å². The molecule has 1 aromatic carbocycles. The quantitative estimate of drug-likeness (QED) is 0.614. The number of allylic oxidation sites excluding steroid dienone is 1. The van der Waals surface area contributed by atoms with Gasteiger partial charge in [-0.2, -0.15) is 0 Å². The molecule has 0 fully saturated rings. The number of aryl methyl sites for hydroxylation is 1. The zero-order valence-corrected chi connectivity index (χ0v) is 10.4. The Morgan fingerprint density at radius 2 is 1.87 bits per heavy atom. The topological polar surface area (TPSA) is 0 Å². The second-order valence-electron chi connectivity index (χ2n) is 4.02. The Morgan fingerprint density at radius 1 is 1.13 bits per heavy atom. The summed E-state index contributed by atoms with van der Waals surface area (Å²) >= 11 is 0. The van der Waals surface area contributed by atoms with Gasteiger partial charge in [-0.05, 0) is 35.4 Å². The molecular weight excluding hydrogens is 180 g/mol. The molecule has 0 heteroatoms. The maximum atomic E-state index is 2.29. The summed E-state index contributed by atoms with van der Waals surface area (Å²) in [4.78, 5) is 0. The van der Waals surface area contributed by atoms with E-state index in [0.717, 1.165) is 0 Å². The van der Waals surface area contributed by atoms with E-state index in [4.69, 9.17) is 0 Å². The first-order valence-corrected chi connectivity index (χ1v) is 6.07. The Hall–Kier alpha value is -1.04. The van der Waals surface area contributed by atoms with Crippen molar-refractivity contribution >= 4 is 6.08 Å². The molecule has 0 heterocycles. The fraction of sp³-hybridized carbons (Fsp3) is 0.467. The van der Waals surface area contributed by atoms with Crippen molar-refractivity contribution in [2.24, 2.45) is 0 Å². The van der Waals surface area contributed by atoms with Crippen LogP contribution in [0.4, 0.5) is 0 Å². The van der Waals surface area contributed by atoms with Crippen LogP contribution in [0, 0.1) is 0 Å². The van der Waals surface area contributed by atoms with E-state index in [9.17, 15) is 0 Å². The highest BCUT2D eigenvalue weighted by molar-refractivity contribution is 5.60. The normalized spacial score (nSPS) is 13.1. The molecule has 82 valence electrons. The standard InChI is InChI=1S/C13H16.C2H6/c1-10(2)12-9-5-7-11-6-3-4-8-13(11)12;1-2/h4-5,7-10H,3,6H2,1-2H3;1-2H3. The maximum absolute atomic E-state index is 2.29. The zero-order valence-electron chi connectivity index (χ0n) is 10.4. The average Bonchev–Trinajstić information content (AvgIpc) is 2.31. The van der Waals surface area contributed by atoms with Crippen LogP contribution in [-0.2, 0) is 6.42 Å². The summed E-state index contributed by atoms with van der Waals surface area (Å²) in [6.45, 7) is 8.52. The Morgan fingerprint density at radius 3 is 2.53 bits per heavy atom. The van der Waals surface area contributed by atoms with Crippen LogP contribution in [0.15, 0.2) is 24.3 Å². The third-order valence-electron chi connectivity index (χ3n) is 2.72. The Balaban J connectivity index is 0.000000531. The molecule has 0 N–H and O–H groups in total. The van der Waals surface area contributed by atoms with E-state index in [-0.39, 0.29) is 0 Å². The fourth-order valence-corrected chi connectivity index (χ4v) is 2.00. The summed E-state index contributed by atoms with van der Waals surface area (Å²) in [5.74, 6) is 0.637. The minimum Gasteiger partial charge on any atom is -0.0836 e. The minimum atomic E-state index is 0.637. The van der Waals surface area contributed by atoms with Crippen LogP contribution >= 0.6 is 0 Å². The van der Waals surface area contributed by atoms with Gasteiger partial charge in [-0.1, -0.05) is 58.0 Å². The van der Waals surface area contributed by atoms with Crippen LogP contribution in [0.25, 0.3) is 6.08 Å². The van der Waals surface area contributed by atoms with E-state index in [1.165, 1.54) is 29.5 Å². The van der Waals surface area contributed by atoms with Crippen LogP contribution in [0.3, 0.4) is 0 Å². The van der Waals surface area contributed by atoms with Gasteiger partial charge in [0.1, 0.15) is 0 Å². The van der Waals surface area contributed by atoms with Gasteiger partial charge in [0, 0.05) is 0 Å². The smallest absolute Gasteiger partial charge is 0.0193 e. The van der Waals surface area contributed by atoms with Gasteiger partial charge in [-0.3, -0.25) is 0 Å². The van der Waals surface area contributed by atoms with E-state index in [0.29, 0.717) is 5.92 Å². The summed E-state index contributed by atoms with van der Waals surface area (Å²) in [5, 5.41) is 0. The highest BCUT2D eigenvalue weighted by atomic mass is 14.1. The molecule has 2 rings (SSSR count). The molecule has 0 spiro atoms. The molecule has 0 aromatic heterocycles. The molecule has 0 unspecified atom stereocenters. The van der Waals surface area contributed by atoms with Gasteiger partial charge in [-0.25, -0.2) is 0 Å². The lowest BCUT2D eigenvalue weighted by molar-refractivity contribution is 0.852. The van der Waals surface area contributed by atoms with Crippen molar-refractivity contribution in [3.8, 4) is 0 Å². The van der Waals surface area contributed by atoms with Crippen molar-refractivity contribution in [2.45, 2.75) is 46.5 Å². The molecule has 0 nitrogen and oxygen atoms in total. The average molecular weight is 202 g/mol. The van der Waals surface area contributed by atoms with E-state index in [1.54, 1.807) is 0 Å². The van der Waals surface area contributed by atoms with Crippen molar-refractivity contribution in [1.29, 1.82) is 0 Å². The van der Waals surface area contributed by atoms with Gasteiger partial charge < -0.3 is 0 Å². The number of hydrogen-bond donors (Lipinski definition) is 0. The van der Waals surface area contributed by atoms with Gasteiger partial charge in [-0.15, -0.1) is 0 Å². The van der Waals surface area contributed by atoms with Crippen molar-refractivity contribution in [3.63, 3.8) is 0 Å². The van der Waals surface area contributed by atoms with Gasteiger partial charge in [0.15, 0.2) is 0 Å². The Labute approximate surface area is 94.0 Å². The number of fused-ring (bicyclic) bond motifs is 1. The number of hydrogen-bond acceptors (Lipinski definition) is 0. The highest BCUT2D eigenvalue weighted by Gasteiger charge is 2.10. The third-order valence-corrected chi connectivity index (χ3v) is 2.72. The highest BCUT2D eigenvalue weighted by Crippen LogP contribution is 2.27. The molecule has 0 radical (unpaired) electrons. The van der Waals surface area contributed by atoms with Crippen LogP contribution in [-0.4, -0.2) is 0 Å². The van der Waals surface area contributed by atoms with E-state index in [1.807, 2.05) is 13.8 Å². The molecule has 1 aliphatic carbocycles. The van der Waals surface area contributed by atoms with Crippen molar-refractivity contribution < 1.29 is 0 Å². The summed E-state index contributed by atoms with van der Waals surface area (Å²) in [5.41, 5.74) is 4.49. The summed E-state index contributed by atoms with van der Waals surface area (Å²) in [6, 6.07) is 6.69.